The summed E-state index contributed by atoms with van der Waals surface area (Å²) in [6.45, 7) is 0. The number of nitrogens with zero attached hydrogens (tertiary/aromatic N) is 1. The van der Waals surface area contributed by atoms with E-state index in [2.05, 4.69) is 10.3 Å². The van der Waals surface area contributed by atoms with Crippen LogP contribution in [-0.4, -0.2) is 31.3 Å². The van der Waals surface area contributed by atoms with Crippen LogP contribution in [0.2, 0.25) is 0 Å². The van der Waals surface area contributed by atoms with E-state index in [1.807, 2.05) is 19.2 Å². The van der Waals surface area contributed by atoms with Gasteiger partial charge >= 0.3 is 0 Å². The second-order valence-electron chi connectivity index (χ2n) is 4.73. The monoisotopic (exact) mass is 235 g/mol. The molecule has 1 aliphatic carbocycles. The Balaban J connectivity index is 2.03. The minimum Gasteiger partial charge on any atom is -0.384 e. The number of methoxy groups -OCH3 is 1. The van der Waals surface area contributed by atoms with Gasteiger partial charge in [0.05, 0.1) is 6.10 Å². The van der Waals surface area contributed by atoms with Crippen LogP contribution >= 0.6 is 0 Å². The third kappa shape index (κ3) is 3.17. The lowest BCUT2D eigenvalue weighted by molar-refractivity contribution is 0.0534. The van der Waals surface area contributed by atoms with Crippen molar-refractivity contribution < 1.29 is 4.74 Å². The van der Waals surface area contributed by atoms with Crippen molar-refractivity contribution in [3.05, 3.63) is 23.9 Å². The van der Waals surface area contributed by atoms with Crippen molar-refractivity contribution in [2.45, 2.75) is 31.4 Å². The number of nitrogen functional groups attached to an aromatic ring is 1. The highest BCUT2D eigenvalue weighted by atomic mass is 16.5. The summed E-state index contributed by atoms with van der Waals surface area (Å²) in [5.74, 6) is 1.30. The van der Waals surface area contributed by atoms with Gasteiger partial charge in [0.2, 0.25) is 0 Å². The number of nitrogens with two attached hydrogens (primary N) is 1. The molecule has 2 unspecified atom stereocenters. The molecule has 0 aromatic carbocycles. The van der Waals surface area contributed by atoms with Crippen LogP contribution in [-0.2, 0) is 11.2 Å². The van der Waals surface area contributed by atoms with Crippen LogP contribution in [0.5, 0.6) is 0 Å². The Morgan fingerprint density at radius 2 is 2.35 bits per heavy atom. The highest BCUT2D eigenvalue weighted by Gasteiger charge is 2.36. The molecule has 4 heteroatoms. The lowest BCUT2D eigenvalue weighted by atomic mass is 9.99. The molecule has 2 atom stereocenters. The molecule has 1 fully saturated rings. The van der Waals surface area contributed by atoms with E-state index >= 15 is 0 Å². The van der Waals surface area contributed by atoms with Crippen LogP contribution in [0.4, 0.5) is 5.82 Å². The normalized spacial score (nSPS) is 18.9. The number of hydrogen-bond donors (Lipinski definition) is 2. The van der Waals surface area contributed by atoms with Crippen molar-refractivity contribution >= 4 is 5.82 Å². The molecule has 0 aliphatic heterocycles. The number of anilines is 1. The average Bonchev–Trinajstić information content (AvgIpc) is 3.13. The predicted molar refractivity (Wildman–Crippen MR) is 68.7 cm³/mol. The number of hydrogen-bond acceptors (Lipinski definition) is 4. The van der Waals surface area contributed by atoms with Crippen molar-refractivity contribution in [2.24, 2.45) is 5.92 Å². The van der Waals surface area contributed by atoms with Gasteiger partial charge in [0, 0.05) is 19.3 Å². The van der Waals surface area contributed by atoms with E-state index in [1.54, 1.807) is 13.3 Å². The third-order valence-corrected chi connectivity index (χ3v) is 3.43. The largest absolute Gasteiger partial charge is 0.384 e. The Bertz CT molecular complexity index is 365. The summed E-state index contributed by atoms with van der Waals surface area (Å²) >= 11 is 0. The van der Waals surface area contributed by atoms with E-state index < -0.39 is 0 Å². The van der Waals surface area contributed by atoms with Gasteiger partial charge in [-0.3, -0.25) is 0 Å². The number of likely N-dealkylation sites (N-methyl/N-ethyl adjacent to an activating group) is 1. The van der Waals surface area contributed by atoms with Crippen molar-refractivity contribution in [3.8, 4) is 0 Å². The summed E-state index contributed by atoms with van der Waals surface area (Å²) in [6, 6.07) is 4.29. The molecular weight excluding hydrogens is 214 g/mol. The van der Waals surface area contributed by atoms with E-state index in [0.29, 0.717) is 18.0 Å². The molecule has 0 amide bonds. The van der Waals surface area contributed by atoms with Gasteiger partial charge in [-0.15, -0.1) is 0 Å². The van der Waals surface area contributed by atoms with Crippen molar-refractivity contribution in [2.75, 3.05) is 19.9 Å². The maximum atomic E-state index is 5.69. The molecule has 1 saturated carbocycles. The van der Waals surface area contributed by atoms with Gasteiger partial charge < -0.3 is 15.8 Å². The van der Waals surface area contributed by atoms with Crippen LogP contribution in [0, 0.1) is 5.92 Å². The number of pyridine rings is 1. The molecule has 0 spiro atoms. The minimum absolute atomic E-state index is 0.300. The second kappa shape index (κ2) is 5.47. The first kappa shape index (κ1) is 12.3. The molecule has 17 heavy (non-hydrogen) atoms. The van der Waals surface area contributed by atoms with Crippen LogP contribution in [0.15, 0.2) is 18.3 Å². The average molecular weight is 235 g/mol. The van der Waals surface area contributed by atoms with Crippen LogP contribution in [0.25, 0.3) is 0 Å². The van der Waals surface area contributed by atoms with Gasteiger partial charge in [-0.05, 0) is 49.9 Å². The SMILES string of the molecule is CNC(Cc1ccnc(N)c1)C(OC)C1CC1. The summed E-state index contributed by atoms with van der Waals surface area (Å²) < 4.78 is 5.62. The molecule has 0 bridgehead atoms. The molecule has 94 valence electrons. The zero-order valence-corrected chi connectivity index (χ0v) is 10.5. The van der Waals surface area contributed by atoms with Crippen molar-refractivity contribution in [1.82, 2.24) is 10.3 Å². The van der Waals surface area contributed by atoms with E-state index in [-0.39, 0.29) is 0 Å². The second-order valence-corrected chi connectivity index (χ2v) is 4.73. The Hall–Kier alpha value is -1.13. The summed E-state index contributed by atoms with van der Waals surface area (Å²) in [5, 5.41) is 3.36. The Morgan fingerprint density at radius 3 is 2.88 bits per heavy atom. The maximum Gasteiger partial charge on any atom is 0.123 e. The molecule has 1 aliphatic rings. The fourth-order valence-corrected chi connectivity index (χ4v) is 2.37. The van der Waals surface area contributed by atoms with E-state index in [4.69, 9.17) is 10.5 Å². The van der Waals surface area contributed by atoms with Crippen molar-refractivity contribution in [1.29, 1.82) is 0 Å². The highest BCUT2D eigenvalue weighted by molar-refractivity contribution is 5.32. The topological polar surface area (TPSA) is 60.2 Å². The van der Waals surface area contributed by atoms with E-state index in [1.165, 1.54) is 18.4 Å². The fraction of sp³-hybridized carbons (Fsp3) is 0.615. The first-order valence-corrected chi connectivity index (χ1v) is 6.15. The standard InChI is InChI=1S/C13H21N3O/c1-15-11(13(17-2)10-3-4-10)7-9-5-6-16-12(14)8-9/h5-6,8,10-11,13,15H,3-4,7H2,1-2H3,(H2,14,16). The lowest BCUT2D eigenvalue weighted by Gasteiger charge is -2.25. The van der Waals surface area contributed by atoms with Crippen LogP contribution in [0.3, 0.4) is 0 Å². The molecule has 0 radical (unpaired) electrons. The fourth-order valence-electron chi connectivity index (χ4n) is 2.37. The van der Waals surface area contributed by atoms with E-state index in [0.717, 1.165) is 12.3 Å². The Labute approximate surface area is 103 Å². The summed E-state index contributed by atoms with van der Waals surface area (Å²) in [6.07, 6.45) is 5.56. The Kier molecular flexibility index (Phi) is 3.97. The summed E-state index contributed by atoms with van der Waals surface area (Å²) in [5.41, 5.74) is 6.90. The van der Waals surface area contributed by atoms with Crippen LogP contribution < -0.4 is 11.1 Å². The zero-order valence-electron chi connectivity index (χ0n) is 10.5. The smallest absolute Gasteiger partial charge is 0.123 e. The maximum absolute atomic E-state index is 5.69. The van der Waals surface area contributed by atoms with Gasteiger partial charge in [0.15, 0.2) is 0 Å². The van der Waals surface area contributed by atoms with Gasteiger partial charge in [0.25, 0.3) is 0 Å². The molecule has 1 heterocycles. The first-order chi connectivity index (χ1) is 8.24. The number of rotatable bonds is 6. The predicted octanol–water partition coefficient (Wildman–Crippen LogP) is 1.22. The van der Waals surface area contributed by atoms with E-state index in [9.17, 15) is 0 Å². The molecule has 2 rings (SSSR count). The van der Waals surface area contributed by atoms with Crippen LogP contribution in [0.1, 0.15) is 18.4 Å². The molecule has 4 nitrogen and oxygen atoms in total. The quantitative estimate of drug-likeness (QED) is 0.778. The highest BCUT2D eigenvalue weighted by Crippen LogP contribution is 2.36. The van der Waals surface area contributed by atoms with Gasteiger partial charge in [-0.2, -0.15) is 0 Å². The summed E-state index contributed by atoms with van der Waals surface area (Å²) in [4.78, 5) is 4.01. The molecule has 0 saturated heterocycles. The Morgan fingerprint density at radius 1 is 1.59 bits per heavy atom. The zero-order chi connectivity index (χ0) is 12.3. The first-order valence-electron chi connectivity index (χ1n) is 6.15. The molecule has 3 N–H and O–H groups in total. The van der Waals surface area contributed by atoms with Gasteiger partial charge in [-0.1, -0.05) is 0 Å². The molecule has 1 aromatic heterocycles. The van der Waals surface area contributed by atoms with Crippen molar-refractivity contribution in [3.63, 3.8) is 0 Å². The van der Waals surface area contributed by atoms with Gasteiger partial charge in [-0.25, -0.2) is 4.98 Å². The number of aromatic nitrogens is 1. The summed E-state index contributed by atoms with van der Waals surface area (Å²) in [7, 11) is 3.79. The van der Waals surface area contributed by atoms with Gasteiger partial charge in [0.1, 0.15) is 5.82 Å². The lowest BCUT2D eigenvalue weighted by Crippen LogP contribution is -2.42. The third-order valence-electron chi connectivity index (χ3n) is 3.43. The minimum atomic E-state index is 0.300. The number of ether oxygens (including phenoxy) is 1. The molecule has 1 aromatic rings. The molecular formula is C13H21N3O. The number of nitrogens with one attached hydrogen (secondary N) is 1.